The van der Waals surface area contributed by atoms with Crippen LogP contribution in [-0.2, 0) is 9.53 Å². The van der Waals surface area contributed by atoms with Crippen LogP contribution in [0.1, 0.15) is 6.23 Å². The molecule has 2 fully saturated rings. The van der Waals surface area contributed by atoms with E-state index >= 15 is 0 Å². The number of nitrogen functional groups attached to an aromatic ring is 1. The summed E-state index contributed by atoms with van der Waals surface area (Å²) in [5.41, 5.74) is 5.41. The van der Waals surface area contributed by atoms with E-state index < -0.39 is 24.0 Å². The van der Waals surface area contributed by atoms with Crippen molar-refractivity contribution in [2.45, 2.75) is 24.0 Å². The topological polar surface area (TPSA) is 140 Å². The van der Waals surface area contributed by atoms with E-state index in [1.54, 1.807) is 4.57 Å². The maximum atomic E-state index is 12.1. The fraction of sp³-hybridized carbons (Fsp3) is 0.500. The van der Waals surface area contributed by atoms with Crippen molar-refractivity contribution in [1.29, 1.82) is 0 Å². The van der Waals surface area contributed by atoms with Gasteiger partial charge in [0.05, 0.1) is 12.4 Å². The van der Waals surface area contributed by atoms with Gasteiger partial charge in [0.15, 0.2) is 23.3 Å². The van der Waals surface area contributed by atoms with E-state index in [-0.39, 0.29) is 18.3 Å². The van der Waals surface area contributed by atoms with Crippen LogP contribution in [0.25, 0.3) is 11.2 Å². The number of nitrogens with one attached hydrogen (secondary N) is 2. The number of likely N-dealkylation sites (N-methyl/N-ethyl adjacent to an activating group) is 1. The van der Waals surface area contributed by atoms with Gasteiger partial charge in [-0.3, -0.25) is 9.36 Å². The Kier molecular flexibility index (Phi) is 2.64. The molecule has 10 heteroatoms. The summed E-state index contributed by atoms with van der Waals surface area (Å²) in [6.07, 6.45) is 1.28. The number of aliphatic hydroxyl groups excluding tert-OH is 1. The average molecular weight is 305 g/mol. The number of anilines is 1. The van der Waals surface area contributed by atoms with Crippen molar-refractivity contribution in [3.05, 3.63) is 12.7 Å². The summed E-state index contributed by atoms with van der Waals surface area (Å²) in [7, 11) is 1.51. The van der Waals surface area contributed by atoms with Crippen LogP contribution in [0.3, 0.4) is 0 Å². The van der Waals surface area contributed by atoms with Gasteiger partial charge in [-0.2, -0.15) is 0 Å². The summed E-state index contributed by atoms with van der Waals surface area (Å²) >= 11 is 0. The lowest BCUT2D eigenvalue weighted by Gasteiger charge is -2.30. The molecule has 2 aliphatic rings. The number of rotatable bonds is 2. The van der Waals surface area contributed by atoms with Gasteiger partial charge in [0, 0.05) is 13.6 Å². The van der Waals surface area contributed by atoms with Crippen molar-refractivity contribution in [3.8, 4) is 0 Å². The number of hydrogen-bond donors (Lipinski definition) is 4. The summed E-state index contributed by atoms with van der Waals surface area (Å²) < 4.78 is 7.55. The summed E-state index contributed by atoms with van der Waals surface area (Å²) in [6, 6.07) is -0.439. The van der Waals surface area contributed by atoms with Gasteiger partial charge in [-0.05, 0) is 0 Å². The van der Waals surface area contributed by atoms with Crippen LogP contribution in [0.15, 0.2) is 12.7 Å². The Morgan fingerprint density at radius 2 is 2.41 bits per heavy atom. The molecule has 2 bridgehead atoms. The third kappa shape index (κ3) is 1.48. The van der Waals surface area contributed by atoms with Gasteiger partial charge in [0.25, 0.3) is 5.91 Å². The lowest BCUT2D eigenvalue weighted by Crippen LogP contribution is -2.54. The Hall–Kier alpha value is -2.30. The maximum Gasteiger partial charge on any atom is 0.256 e. The Bertz CT molecular complexity index is 762. The van der Waals surface area contributed by atoms with Gasteiger partial charge in [0.1, 0.15) is 17.9 Å². The van der Waals surface area contributed by atoms with Crippen molar-refractivity contribution in [2.75, 3.05) is 19.3 Å². The molecule has 0 saturated carbocycles. The van der Waals surface area contributed by atoms with Gasteiger partial charge in [-0.1, -0.05) is 0 Å². The fourth-order valence-corrected chi connectivity index (χ4v) is 3.20. The molecule has 116 valence electrons. The third-order valence-corrected chi connectivity index (χ3v) is 4.33. The first-order valence-electron chi connectivity index (χ1n) is 6.83. The predicted octanol–water partition coefficient (Wildman–Crippen LogP) is -2.25. The Morgan fingerprint density at radius 3 is 3.18 bits per heavy atom. The molecule has 0 aromatic carbocycles. The normalized spacial score (nSPS) is 33.5. The molecule has 2 aliphatic heterocycles. The van der Waals surface area contributed by atoms with Crippen molar-refractivity contribution in [1.82, 2.24) is 30.2 Å². The second-order valence-electron chi connectivity index (χ2n) is 5.41. The molecule has 10 nitrogen and oxygen atoms in total. The van der Waals surface area contributed by atoms with Gasteiger partial charge in [0.2, 0.25) is 0 Å². The van der Waals surface area contributed by atoms with E-state index in [0.29, 0.717) is 11.2 Å². The SMILES string of the molecule is CNC(=O)[C@]12CN[C@H]([C@H](n3cnc4c(N)ncnc43)O1)[C@H]2O. The highest BCUT2D eigenvalue weighted by molar-refractivity contribution is 5.87. The van der Waals surface area contributed by atoms with Gasteiger partial charge >= 0.3 is 0 Å². The molecule has 5 N–H and O–H groups in total. The molecule has 4 atom stereocenters. The molecule has 2 aromatic rings. The van der Waals surface area contributed by atoms with E-state index in [0.717, 1.165) is 0 Å². The van der Waals surface area contributed by atoms with Gasteiger partial charge in [-0.15, -0.1) is 0 Å². The molecular weight excluding hydrogens is 290 g/mol. The number of fused-ring (bicyclic) bond motifs is 3. The fourth-order valence-electron chi connectivity index (χ4n) is 3.20. The van der Waals surface area contributed by atoms with Crippen LogP contribution < -0.4 is 16.4 Å². The number of amides is 1. The third-order valence-electron chi connectivity index (χ3n) is 4.33. The smallest absolute Gasteiger partial charge is 0.256 e. The number of carbonyl (C=O) groups is 1. The molecule has 0 aliphatic carbocycles. The standard InChI is InChI=1S/C12H15N7O3/c1-14-11(21)12-2-15-5(7(12)20)10(22-12)19-4-18-6-8(13)16-3-17-9(6)19/h3-5,7,10,15,20H,2H2,1H3,(H,14,21)(H2,13,16,17)/t5-,7+,10+,12+/m0/s1. The van der Waals surface area contributed by atoms with Crippen LogP contribution in [-0.4, -0.2) is 61.9 Å². The van der Waals surface area contributed by atoms with Crippen molar-refractivity contribution < 1.29 is 14.6 Å². The zero-order valence-electron chi connectivity index (χ0n) is 11.7. The summed E-state index contributed by atoms with van der Waals surface area (Å²) in [5, 5.41) is 16.1. The van der Waals surface area contributed by atoms with Crippen LogP contribution in [0.2, 0.25) is 0 Å². The van der Waals surface area contributed by atoms with E-state index in [1.807, 2.05) is 0 Å². The largest absolute Gasteiger partial charge is 0.388 e. The number of aromatic nitrogens is 4. The van der Waals surface area contributed by atoms with E-state index in [4.69, 9.17) is 10.5 Å². The minimum absolute atomic E-state index is 0.249. The summed E-state index contributed by atoms with van der Waals surface area (Å²) in [4.78, 5) is 24.4. The van der Waals surface area contributed by atoms with Gasteiger partial charge in [-0.25, -0.2) is 15.0 Å². The summed E-state index contributed by atoms with van der Waals surface area (Å²) in [5.74, 6) is -0.0995. The average Bonchev–Trinajstić information content (AvgIpc) is 3.18. The van der Waals surface area contributed by atoms with Crippen LogP contribution >= 0.6 is 0 Å². The highest BCUT2D eigenvalue weighted by atomic mass is 16.6. The second-order valence-corrected chi connectivity index (χ2v) is 5.41. The highest BCUT2D eigenvalue weighted by Crippen LogP contribution is 2.42. The monoisotopic (exact) mass is 305 g/mol. The molecule has 2 aromatic heterocycles. The molecule has 4 heterocycles. The van der Waals surface area contributed by atoms with Crippen molar-refractivity contribution in [3.63, 3.8) is 0 Å². The zero-order valence-corrected chi connectivity index (χ0v) is 11.7. The number of hydrogen-bond acceptors (Lipinski definition) is 8. The number of imidazole rings is 1. The van der Waals surface area contributed by atoms with Crippen LogP contribution in [0, 0.1) is 0 Å². The van der Waals surface area contributed by atoms with E-state index in [2.05, 4.69) is 25.6 Å². The number of ether oxygens (including phenoxy) is 1. The lowest BCUT2D eigenvalue weighted by atomic mass is 9.98. The second kappa shape index (κ2) is 4.35. The minimum Gasteiger partial charge on any atom is -0.388 e. The Labute approximate surface area is 124 Å². The molecule has 4 rings (SSSR count). The summed E-state index contributed by atoms with van der Waals surface area (Å²) in [6.45, 7) is 0.249. The number of aliphatic hydroxyl groups is 1. The van der Waals surface area contributed by atoms with E-state index in [9.17, 15) is 9.90 Å². The first-order valence-corrected chi connectivity index (χ1v) is 6.83. The van der Waals surface area contributed by atoms with Crippen LogP contribution in [0.4, 0.5) is 5.82 Å². The lowest BCUT2D eigenvalue weighted by molar-refractivity contribution is -0.158. The molecule has 22 heavy (non-hydrogen) atoms. The van der Waals surface area contributed by atoms with Gasteiger partial charge < -0.3 is 26.2 Å². The molecular formula is C12H15N7O3. The Morgan fingerprint density at radius 1 is 1.59 bits per heavy atom. The molecule has 0 radical (unpaired) electrons. The first-order chi connectivity index (χ1) is 10.6. The zero-order chi connectivity index (χ0) is 15.5. The number of nitrogens with two attached hydrogens (primary N) is 1. The number of morpholine rings is 1. The minimum atomic E-state index is -1.31. The first kappa shape index (κ1) is 13.4. The molecule has 2 saturated heterocycles. The van der Waals surface area contributed by atoms with Crippen molar-refractivity contribution in [2.24, 2.45) is 0 Å². The predicted molar refractivity (Wildman–Crippen MR) is 74.5 cm³/mol. The highest BCUT2D eigenvalue weighted by Gasteiger charge is 2.64. The number of carbonyl (C=O) groups excluding carboxylic acids is 1. The quantitative estimate of drug-likeness (QED) is 0.488. The number of nitrogens with zero attached hydrogens (tertiary/aromatic N) is 4. The molecule has 1 amide bonds. The Balaban J connectivity index is 1.78. The van der Waals surface area contributed by atoms with Crippen molar-refractivity contribution >= 4 is 22.9 Å². The maximum absolute atomic E-state index is 12.1. The molecule has 0 spiro atoms. The molecule has 0 unspecified atom stereocenters. The van der Waals surface area contributed by atoms with Crippen LogP contribution in [0.5, 0.6) is 0 Å². The van der Waals surface area contributed by atoms with E-state index in [1.165, 1.54) is 19.7 Å².